The first-order chi connectivity index (χ1) is 14.1. The molecule has 1 N–H and O–H groups in total. The number of rotatable bonds is 7. The number of benzene rings is 2. The Hall–Kier alpha value is -2.71. The minimum Gasteiger partial charge on any atom is -0.325 e. The van der Waals surface area contributed by atoms with Crippen LogP contribution in [0.2, 0.25) is 0 Å². The molecule has 0 saturated heterocycles. The smallest absolute Gasteiger partial charge is 0.234 e. The summed E-state index contributed by atoms with van der Waals surface area (Å²) in [6, 6.07) is 17.9. The zero-order valence-corrected chi connectivity index (χ0v) is 17.5. The highest BCUT2D eigenvalue weighted by molar-refractivity contribution is 8.01. The molecule has 0 spiro atoms. The Bertz CT molecular complexity index is 1020. The molecule has 2 aromatic carbocycles. The summed E-state index contributed by atoms with van der Waals surface area (Å²) in [6.45, 7) is 1.55. The second-order valence-corrected chi connectivity index (χ2v) is 8.90. The number of thioether (sulfide) groups is 1. The Morgan fingerprint density at radius 1 is 1.10 bits per heavy atom. The van der Waals surface area contributed by atoms with Crippen LogP contribution in [0.25, 0.3) is 11.1 Å². The molecule has 8 heteroatoms. The van der Waals surface area contributed by atoms with E-state index in [9.17, 15) is 9.59 Å². The van der Waals surface area contributed by atoms with E-state index in [1.807, 2.05) is 54.6 Å². The fourth-order valence-electron chi connectivity index (χ4n) is 3.01. The van der Waals surface area contributed by atoms with Gasteiger partial charge in [-0.3, -0.25) is 14.5 Å². The number of hydrogen-bond acceptors (Lipinski definition) is 6. The molecule has 1 heterocycles. The van der Waals surface area contributed by atoms with Gasteiger partial charge in [0.05, 0.1) is 5.75 Å². The predicted molar refractivity (Wildman–Crippen MR) is 117 cm³/mol. The molecular weight excluding hydrogens is 404 g/mol. The van der Waals surface area contributed by atoms with Gasteiger partial charge in [0.1, 0.15) is 0 Å². The van der Waals surface area contributed by atoms with Crippen molar-refractivity contribution in [3.8, 4) is 11.1 Å². The molecule has 148 valence electrons. The highest BCUT2D eigenvalue weighted by Crippen LogP contribution is 2.36. The van der Waals surface area contributed by atoms with Crippen LogP contribution in [0.15, 0.2) is 58.9 Å². The number of carbonyl (C=O) groups is 2. The zero-order valence-electron chi connectivity index (χ0n) is 15.9. The van der Waals surface area contributed by atoms with Crippen molar-refractivity contribution >= 4 is 45.7 Å². The van der Waals surface area contributed by atoms with Gasteiger partial charge < -0.3 is 5.32 Å². The molecule has 29 heavy (non-hydrogen) atoms. The van der Waals surface area contributed by atoms with Gasteiger partial charge in [-0.1, -0.05) is 71.6 Å². The number of para-hydroxylation sites is 1. The van der Waals surface area contributed by atoms with Crippen LogP contribution in [0.4, 0.5) is 10.8 Å². The normalized spacial score (nSPS) is 13.1. The Morgan fingerprint density at radius 2 is 1.83 bits per heavy atom. The first-order valence-electron chi connectivity index (χ1n) is 9.32. The number of anilines is 2. The van der Waals surface area contributed by atoms with Crippen LogP contribution in [0, 0.1) is 0 Å². The third-order valence-corrected chi connectivity index (χ3v) is 6.52. The van der Waals surface area contributed by atoms with Crippen molar-refractivity contribution in [1.82, 2.24) is 10.2 Å². The van der Waals surface area contributed by atoms with E-state index in [0.717, 1.165) is 29.7 Å². The first-order valence-corrected chi connectivity index (χ1v) is 11.1. The molecule has 0 atom stereocenters. The highest BCUT2D eigenvalue weighted by atomic mass is 32.2. The van der Waals surface area contributed by atoms with Crippen molar-refractivity contribution in [3.05, 3.63) is 54.6 Å². The molecule has 1 aliphatic carbocycles. The largest absolute Gasteiger partial charge is 0.325 e. The maximum atomic E-state index is 12.5. The molecule has 0 aliphatic heterocycles. The van der Waals surface area contributed by atoms with E-state index in [1.165, 1.54) is 23.1 Å². The lowest BCUT2D eigenvalue weighted by molar-refractivity contribution is -0.116. The Morgan fingerprint density at radius 3 is 2.55 bits per heavy atom. The molecule has 6 nitrogen and oxygen atoms in total. The van der Waals surface area contributed by atoms with Gasteiger partial charge in [-0.25, -0.2) is 0 Å². The Balaban J connectivity index is 1.39. The Kier molecular flexibility index (Phi) is 5.92. The van der Waals surface area contributed by atoms with E-state index >= 15 is 0 Å². The maximum Gasteiger partial charge on any atom is 0.234 e. The van der Waals surface area contributed by atoms with Gasteiger partial charge in [0.25, 0.3) is 0 Å². The van der Waals surface area contributed by atoms with Crippen molar-refractivity contribution < 1.29 is 9.59 Å². The lowest BCUT2D eigenvalue weighted by atomic mass is 10.0. The second kappa shape index (κ2) is 8.75. The van der Waals surface area contributed by atoms with Gasteiger partial charge in [0, 0.05) is 24.2 Å². The van der Waals surface area contributed by atoms with Crippen LogP contribution < -0.4 is 10.2 Å². The molecule has 0 unspecified atom stereocenters. The van der Waals surface area contributed by atoms with E-state index in [2.05, 4.69) is 15.5 Å². The quantitative estimate of drug-likeness (QED) is 0.448. The van der Waals surface area contributed by atoms with Gasteiger partial charge in [0.2, 0.25) is 16.9 Å². The number of aromatic nitrogens is 2. The van der Waals surface area contributed by atoms with E-state index in [4.69, 9.17) is 0 Å². The highest BCUT2D eigenvalue weighted by Gasteiger charge is 2.34. The summed E-state index contributed by atoms with van der Waals surface area (Å²) in [5, 5.41) is 11.9. The maximum absolute atomic E-state index is 12.5. The van der Waals surface area contributed by atoms with Crippen molar-refractivity contribution in [2.75, 3.05) is 16.0 Å². The summed E-state index contributed by atoms with van der Waals surface area (Å²) < 4.78 is 0.679. The SMILES string of the molecule is CC(=O)N(c1nnc(SCC(=O)Nc2ccccc2-c2ccccc2)s1)C1CC1. The molecule has 1 aromatic heterocycles. The van der Waals surface area contributed by atoms with Crippen molar-refractivity contribution in [2.24, 2.45) is 0 Å². The van der Waals surface area contributed by atoms with E-state index in [1.54, 1.807) is 11.8 Å². The monoisotopic (exact) mass is 424 g/mol. The van der Waals surface area contributed by atoms with Gasteiger partial charge in [-0.15, -0.1) is 10.2 Å². The second-order valence-electron chi connectivity index (χ2n) is 6.72. The average molecular weight is 425 g/mol. The topological polar surface area (TPSA) is 75.2 Å². The third kappa shape index (κ3) is 4.83. The number of nitrogens with one attached hydrogen (secondary N) is 1. The summed E-state index contributed by atoms with van der Waals surface area (Å²) >= 11 is 2.68. The van der Waals surface area contributed by atoms with Crippen LogP contribution >= 0.6 is 23.1 Å². The number of carbonyl (C=O) groups excluding carboxylic acids is 2. The lowest BCUT2D eigenvalue weighted by Gasteiger charge is -2.15. The summed E-state index contributed by atoms with van der Waals surface area (Å²) in [7, 11) is 0. The molecule has 4 rings (SSSR count). The van der Waals surface area contributed by atoms with Crippen LogP contribution in [-0.4, -0.2) is 33.8 Å². The number of nitrogens with zero attached hydrogens (tertiary/aromatic N) is 3. The standard InChI is InChI=1S/C21H20N4O2S2/c1-14(26)25(16-11-12-16)20-23-24-21(29-20)28-13-19(27)22-18-10-6-5-9-17(18)15-7-3-2-4-8-15/h2-10,16H,11-13H2,1H3,(H,22,27). The summed E-state index contributed by atoms with van der Waals surface area (Å²) in [4.78, 5) is 26.0. The minimum absolute atomic E-state index is 0.0181. The first kappa shape index (κ1) is 19.6. The van der Waals surface area contributed by atoms with Crippen molar-refractivity contribution in [3.63, 3.8) is 0 Å². The molecule has 0 bridgehead atoms. The fourth-order valence-corrected chi connectivity index (χ4v) is 4.77. The van der Waals surface area contributed by atoms with Gasteiger partial charge >= 0.3 is 0 Å². The van der Waals surface area contributed by atoms with Crippen LogP contribution in [-0.2, 0) is 9.59 Å². The average Bonchev–Trinajstić information content (AvgIpc) is 3.44. The van der Waals surface area contributed by atoms with E-state index in [-0.39, 0.29) is 23.6 Å². The van der Waals surface area contributed by atoms with Crippen LogP contribution in [0.1, 0.15) is 19.8 Å². The fraction of sp³-hybridized carbons (Fsp3) is 0.238. The van der Waals surface area contributed by atoms with Gasteiger partial charge in [-0.05, 0) is 24.5 Å². The molecule has 2 amide bonds. The molecule has 0 radical (unpaired) electrons. The summed E-state index contributed by atoms with van der Waals surface area (Å²) in [5.41, 5.74) is 2.80. The molecule has 3 aromatic rings. The molecule has 1 aliphatic rings. The molecule has 1 saturated carbocycles. The number of amides is 2. The van der Waals surface area contributed by atoms with E-state index in [0.29, 0.717) is 9.47 Å². The van der Waals surface area contributed by atoms with Crippen LogP contribution in [0.5, 0.6) is 0 Å². The predicted octanol–water partition coefficient (Wildman–Crippen LogP) is 4.45. The Labute approximate surface area is 177 Å². The van der Waals surface area contributed by atoms with Gasteiger partial charge in [-0.2, -0.15) is 0 Å². The lowest BCUT2D eigenvalue weighted by Crippen LogP contribution is -2.30. The molecular formula is C21H20N4O2S2. The van der Waals surface area contributed by atoms with Crippen molar-refractivity contribution in [1.29, 1.82) is 0 Å². The number of hydrogen-bond donors (Lipinski definition) is 1. The summed E-state index contributed by atoms with van der Waals surface area (Å²) in [5.74, 6) is 0.0950. The van der Waals surface area contributed by atoms with Gasteiger partial charge in [0.15, 0.2) is 4.34 Å². The minimum atomic E-state index is -0.110. The van der Waals surface area contributed by atoms with Crippen LogP contribution in [0.3, 0.4) is 0 Å². The third-order valence-electron chi connectivity index (χ3n) is 4.47. The zero-order chi connectivity index (χ0) is 20.2. The molecule has 1 fully saturated rings. The van der Waals surface area contributed by atoms with Crippen molar-refractivity contribution in [2.45, 2.75) is 30.1 Å². The van der Waals surface area contributed by atoms with E-state index < -0.39 is 0 Å². The summed E-state index contributed by atoms with van der Waals surface area (Å²) in [6.07, 6.45) is 2.01.